The van der Waals surface area contributed by atoms with Gasteiger partial charge in [0.05, 0.1) is 18.6 Å². The molecule has 0 radical (unpaired) electrons. The molecule has 1 aromatic carbocycles. The van der Waals surface area contributed by atoms with Crippen LogP contribution in [0.2, 0.25) is 0 Å². The maximum absolute atomic E-state index is 12.0. The van der Waals surface area contributed by atoms with E-state index in [2.05, 4.69) is 5.32 Å². The van der Waals surface area contributed by atoms with Crippen LogP contribution in [-0.4, -0.2) is 32.9 Å². The van der Waals surface area contributed by atoms with Crippen molar-refractivity contribution in [3.8, 4) is 5.75 Å². The second kappa shape index (κ2) is 5.61. The van der Waals surface area contributed by atoms with Crippen molar-refractivity contribution in [3.63, 3.8) is 0 Å². The lowest BCUT2D eigenvalue weighted by Crippen LogP contribution is -2.31. The molecule has 1 saturated heterocycles. The highest BCUT2D eigenvalue weighted by Crippen LogP contribution is 2.22. The number of hydrogen-bond donors (Lipinski definition) is 1. The first-order valence-electron chi connectivity index (χ1n) is 6.15. The van der Waals surface area contributed by atoms with Crippen molar-refractivity contribution >= 4 is 21.4 Å². The molecule has 5 nitrogen and oxygen atoms in total. The van der Waals surface area contributed by atoms with Crippen LogP contribution in [-0.2, 0) is 14.6 Å². The van der Waals surface area contributed by atoms with E-state index in [1.165, 1.54) is 0 Å². The molecule has 0 aromatic heterocycles. The number of methoxy groups -OCH3 is 1. The number of hydrogen-bond acceptors (Lipinski definition) is 4. The van der Waals surface area contributed by atoms with E-state index in [-0.39, 0.29) is 23.3 Å². The molecule has 6 heteroatoms. The van der Waals surface area contributed by atoms with Gasteiger partial charge in [0.1, 0.15) is 15.6 Å². The molecule has 1 aliphatic heterocycles. The molecule has 104 valence electrons. The Labute approximate surface area is 112 Å². The van der Waals surface area contributed by atoms with Crippen molar-refractivity contribution in [2.75, 3.05) is 23.9 Å². The van der Waals surface area contributed by atoms with Gasteiger partial charge < -0.3 is 10.1 Å². The molecular weight excluding hydrogens is 266 g/mol. The number of ether oxygens (including phenoxy) is 1. The second-order valence-electron chi connectivity index (χ2n) is 4.65. The molecule has 1 aromatic rings. The minimum Gasteiger partial charge on any atom is -0.497 e. The summed E-state index contributed by atoms with van der Waals surface area (Å²) in [5, 5.41) is 2.80. The van der Waals surface area contributed by atoms with E-state index in [9.17, 15) is 13.2 Å². The first-order chi connectivity index (χ1) is 9.00. The lowest BCUT2D eigenvalue weighted by Gasteiger charge is -2.21. The Kier molecular flexibility index (Phi) is 4.09. The van der Waals surface area contributed by atoms with E-state index in [0.29, 0.717) is 24.3 Å². The fourth-order valence-electron chi connectivity index (χ4n) is 2.10. The Balaban J connectivity index is 1.97. The van der Waals surface area contributed by atoms with Gasteiger partial charge in [0, 0.05) is 17.7 Å². The highest BCUT2D eigenvalue weighted by molar-refractivity contribution is 7.91. The number of sulfone groups is 1. The SMILES string of the molecule is COc1cccc(NC(=O)C2CCS(=O)(=O)CC2)c1. The predicted octanol–water partition coefficient (Wildman–Crippen LogP) is 1.46. The molecule has 0 unspecified atom stereocenters. The monoisotopic (exact) mass is 283 g/mol. The largest absolute Gasteiger partial charge is 0.497 e. The van der Waals surface area contributed by atoms with Gasteiger partial charge in [-0.1, -0.05) is 6.07 Å². The summed E-state index contributed by atoms with van der Waals surface area (Å²) in [4.78, 5) is 12.0. The van der Waals surface area contributed by atoms with E-state index in [1.54, 1.807) is 31.4 Å². The molecule has 0 spiro atoms. The van der Waals surface area contributed by atoms with Crippen LogP contribution >= 0.6 is 0 Å². The van der Waals surface area contributed by atoms with Crippen LogP contribution < -0.4 is 10.1 Å². The van der Waals surface area contributed by atoms with Gasteiger partial charge in [0.25, 0.3) is 0 Å². The Hall–Kier alpha value is -1.56. The zero-order chi connectivity index (χ0) is 13.9. The third kappa shape index (κ3) is 3.70. The first-order valence-corrected chi connectivity index (χ1v) is 7.98. The van der Waals surface area contributed by atoms with Gasteiger partial charge in [-0.2, -0.15) is 0 Å². The van der Waals surface area contributed by atoms with Crippen LogP contribution in [0, 0.1) is 5.92 Å². The Morgan fingerprint density at radius 2 is 2.00 bits per heavy atom. The average molecular weight is 283 g/mol. The summed E-state index contributed by atoms with van der Waals surface area (Å²) in [7, 11) is -1.37. The molecule has 0 aliphatic carbocycles. The van der Waals surface area contributed by atoms with Crippen LogP contribution in [0.1, 0.15) is 12.8 Å². The molecule has 0 atom stereocenters. The maximum Gasteiger partial charge on any atom is 0.227 e. The molecule has 19 heavy (non-hydrogen) atoms. The summed E-state index contributed by atoms with van der Waals surface area (Å²) in [5.74, 6) is 0.522. The van der Waals surface area contributed by atoms with Crippen LogP contribution in [0.15, 0.2) is 24.3 Å². The lowest BCUT2D eigenvalue weighted by atomic mass is 10.0. The van der Waals surface area contributed by atoms with Gasteiger partial charge in [0.2, 0.25) is 5.91 Å². The minimum atomic E-state index is -2.93. The summed E-state index contributed by atoms with van der Waals surface area (Å²) >= 11 is 0. The summed E-state index contributed by atoms with van der Waals surface area (Å²) in [6.45, 7) is 0. The first kappa shape index (κ1) is 13.9. The third-order valence-corrected chi connectivity index (χ3v) is 4.98. The zero-order valence-corrected chi connectivity index (χ0v) is 11.6. The summed E-state index contributed by atoms with van der Waals surface area (Å²) in [5.41, 5.74) is 0.665. The second-order valence-corrected chi connectivity index (χ2v) is 6.95. The molecule has 0 bridgehead atoms. The number of benzene rings is 1. The maximum atomic E-state index is 12.0. The predicted molar refractivity (Wildman–Crippen MR) is 73.0 cm³/mol. The number of carbonyl (C=O) groups excluding carboxylic acids is 1. The molecule has 1 fully saturated rings. The number of anilines is 1. The fraction of sp³-hybridized carbons (Fsp3) is 0.462. The normalized spacial score (nSPS) is 18.8. The molecule has 1 amide bonds. The Morgan fingerprint density at radius 1 is 1.32 bits per heavy atom. The van der Waals surface area contributed by atoms with E-state index in [1.807, 2.05) is 0 Å². The van der Waals surface area contributed by atoms with Gasteiger partial charge in [-0.05, 0) is 25.0 Å². The summed E-state index contributed by atoms with van der Waals surface area (Å²) < 4.78 is 27.7. The van der Waals surface area contributed by atoms with Crippen LogP contribution in [0.3, 0.4) is 0 Å². The fourth-order valence-corrected chi connectivity index (χ4v) is 3.59. The number of nitrogens with one attached hydrogen (secondary N) is 1. The van der Waals surface area contributed by atoms with Crippen molar-refractivity contribution in [1.29, 1.82) is 0 Å². The van der Waals surface area contributed by atoms with Gasteiger partial charge in [0.15, 0.2) is 0 Å². The molecule has 1 N–H and O–H groups in total. The molecular formula is C13H17NO4S. The summed E-state index contributed by atoms with van der Waals surface area (Å²) in [6.07, 6.45) is 0.802. The quantitative estimate of drug-likeness (QED) is 0.911. The summed E-state index contributed by atoms with van der Waals surface area (Å²) in [6, 6.07) is 7.10. The highest BCUT2D eigenvalue weighted by atomic mass is 32.2. The van der Waals surface area contributed by atoms with Crippen molar-refractivity contribution in [2.45, 2.75) is 12.8 Å². The zero-order valence-electron chi connectivity index (χ0n) is 10.8. The van der Waals surface area contributed by atoms with Gasteiger partial charge in [-0.25, -0.2) is 8.42 Å². The molecule has 0 saturated carbocycles. The van der Waals surface area contributed by atoms with Crippen molar-refractivity contribution in [2.24, 2.45) is 5.92 Å². The van der Waals surface area contributed by atoms with Crippen LogP contribution in [0.4, 0.5) is 5.69 Å². The van der Waals surface area contributed by atoms with Crippen LogP contribution in [0.5, 0.6) is 5.75 Å². The van der Waals surface area contributed by atoms with E-state index in [0.717, 1.165) is 0 Å². The lowest BCUT2D eigenvalue weighted by molar-refractivity contribution is -0.120. The van der Waals surface area contributed by atoms with E-state index < -0.39 is 9.84 Å². The van der Waals surface area contributed by atoms with Gasteiger partial charge >= 0.3 is 0 Å². The Bertz CT molecular complexity index is 554. The van der Waals surface area contributed by atoms with Crippen molar-refractivity contribution in [3.05, 3.63) is 24.3 Å². The Morgan fingerprint density at radius 3 is 2.63 bits per heavy atom. The minimum absolute atomic E-state index is 0.100. The van der Waals surface area contributed by atoms with Crippen molar-refractivity contribution in [1.82, 2.24) is 0 Å². The highest BCUT2D eigenvalue weighted by Gasteiger charge is 2.28. The number of carbonyl (C=O) groups is 1. The van der Waals surface area contributed by atoms with E-state index in [4.69, 9.17) is 4.74 Å². The molecule has 1 heterocycles. The number of amides is 1. The standard InChI is InChI=1S/C13H17NO4S/c1-18-12-4-2-3-11(9-12)14-13(15)10-5-7-19(16,17)8-6-10/h2-4,9-10H,5-8H2,1H3,(H,14,15). The third-order valence-electron chi connectivity index (χ3n) is 3.26. The smallest absolute Gasteiger partial charge is 0.227 e. The number of rotatable bonds is 3. The van der Waals surface area contributed by atoms with Gasteiger partial charge in [-0.3, -0.25) is 4.79 Å². The van der Waals surface area contributed by atoms with Gasteiger partial charge in [-0.15, -0.1) is 0 Å². The van der Waals surface area contributed by atoms with Crippen LogP contribution in [0.25, 0.3) is 0 Å². The average Bonchev–Trinajstić information content (AvgIpc) is 2.38. The molecule has 1 aliphatic rings. The van der Waals surface area contributed by atoms with Crippen molar-refractivity contribution < 1.29 is 17.9 Å². The topological polar surface area (TPSA) is 72.5 Å². The van der Waals surface area contributed by atoms with E-state index >= 15 is 0 Å². The molecule has 2 rings (SSSR count).